The Balaban J connectivity index is 2.34. The number of carbonyl (C=O) groups is 2. The molecule has 0 spiro atoms. The number of nitrogens with one attached hydrogen (secondary N) is 1. The van der Waals surface area contributed by atoms with Crippen molar-refractivity contribution in [3.8, 4) is 0 Å². The minimum Gasteiger partial charge on any atom is -0.352 e. The fraction of sp³-hybridized carbons (Fsp3) is 0.391. The third-order valence-corrected chi connectivity index (χ3v) is 5.33. The van der Waals surface area contributed by atoms with Gasteiger partial charge < -0.3 is 10.2 Å². The molecule has 0 aliphatic carbocycles. The summed E-state index contributed by atoms with van der Waals surface area (Å²) in [6, 6.07) is 10.6. The van der Waals surface area contributed by atoms with Crippen molar-refractivity contribution in [2.24, 2.45) is 0 Å². The second kappa shape index (κ2) is 10.1. The first-order valence-corrected chi connectivity index (χ1v) is 10.4. The fourth-order valence-electron chi connectivity index (χ4n) is 3.29. The Morgan fingerprint density at radius 1 is 1.00 bits per heavy atom. The van der Waals surface area contributed by atoms with E-state index in [9.17, 15) is 9.59 Å². The smallest absolute Gasteiger partial charge is 0.242 e. The second-order valence-corrected chi connectivity index (χ2v) is 8.55. The van der Waals surface area contributed by atoms with Crippen LogP contribution < -0.4 is 5.32 Å². The largest absolute Gasteiger partial charge is 0.352 e. The van der Waals surface area contributed by atoms with Gasteiger partial charge in [0, 0.05) is 28.2 Å². The molecule has 2 amide bonds. The molecule has 0 saturated heterocycles. The average Bonchev–Trinajstić information content (AvgIpc) is 2.59. The zero-order valence-corrected chi connectivity index (χ0v) is 19.1. The van der Waals surface area contributed by atoms with E-state index in [1.54, 1.807) is 30.0 Å². The molecule has 2 aromatic rings. The van der Waals surface area contributed by atoms with Gasteiger partial charge in [0.25, 0.3) is 0 Å². The van der Waals surface area contributed by atoms with Gasteiger partial charge in [-0.15, -0.1) is 0 Å². The topological polar surface area (TPSA) is 49.4 Å². The lowest BCUT2D eigenvalue weighted by molar-refractivity contribution is -0.140. The summed E-state index contributed by atoms with van der Waals surface area (Å²) < 4.78 is 0. The third kappa shape index (κ3) is 6.48. The summed E-state index contributed by atoms with van der Waals surface area (Å²) >= 11 is 12.7. The first-order valence-electron chi connectivity index (χ1n) is 9.68. The second-order valence-electron chi connectivity index (χ2n) is 7.73. The summed E-state index contributed by atoms with van der Waals surface area (Å²) in [5, 5.41) is 3.82. The molecular weight excluding hydrogens is 407 g/mol. The van der Waals surface area contributed by atoms with Crippen LogP contribution in [0.4, 0.5) is 0 Å². The SMILES string of the molecule is Cc1cc(C)cc(CC(=O)N(Cc2c(Cl)cccc2Cl)[C@@H](C)C(=O)NC(C)C)c1. The predicted molar refractivity (Wildman–Crippen MR) is 119 cm³/mol. The number of hydrogen-bond acceptors (Lipinski definition) is 2. The lowest BCUT2D eigenvalue weighted by atomic mass is 10.0. The van der Waals surface area contributed by atoms with Gasteiger partial charge in [-0.3, -0.25) is 9.59 Å². The number of benzene rings is 2. The van der Waals surface area contributed by atoms with Crippen molar-refractivity contribution in [2.75, 3.05) is 0 Å². The first kappa shape index (κ1) is 23.2. The summed E-state index contributed by atoms with van der Waals surface area (Å²) in [7, 11) is 0. The monoisotopic (exact) mass is 434 g/mol. The molecule has 0 heterocycles. The number of halogens is 2. The van der Waals surface area contributed by atoms with Gasteiger partial charge in [-0.05, 0) is 52.3 Å². The van der Waals surface area contributed by atoms with E-state index in [-0.39, 0.29) is 30.8 Å². The lowest BCUT2D eigenvalue weighted by Crippen LogP contribution is -2.49. The summed E-state index contributed by atoms with van der Waals surface area (Å²) in [5.41, 5.74) is 3.74. The first-order chi connectivity index (χ1) is 13.6. The molecule has 0 saturated carbocycles. The summed E-state index contributed by atoms with van der Waals surface area (Å²) in [6.45, 7) is 9.66. The average molecular weight is 435 g/mol. The molecule has 156 valence electrons. The molecule has 2 aromatic carbocycles. The Hall–Kier alpha value is -2.04. The van der Waals surface area contributed by atoms with E-state index in [0.717, 1.165) is 16.7 Å². The van der Waals surface area contributed by atoms with Crippen molar-refractivity contribution < 1.29 is 9.59 Å². The van der Waals surface area contributed by atoms with Gasteiger partial charge in [0.05, 0.1) is 6.42 Å². The zero-order chi connectivity index (χ0) is 21.7. The van der Waals surface area contributed by atoms with Crippen molar-refractivity contribution in [1.82, 2.24) is 10.2 Å². The van der Waals surface area contributed by atoms with Gasteiger partial charge in [-0.1, -0.05) is 58.6 Å². The van der Waals surface area contributed by atoms with Gasteiger partial charge in [0.15, 0.2) is 0 Å². The van der Waals surface area contributed by atoms with Crippen LogP contribution >= 0.6 is 23.2 Å². The van der Waals surface area contributed by atoms with Crippen LogP contribution in [0, 0.1) is 13.8 Å². The van der Waals surface area contributed by atoms with E-state index in [1.807, 2.05) is 39.8 Å². The maximum Gasteiger partial charge on any atom is 0.242 e. The zero-order valence-electron chi connectivity index (χ0n) is 17.6. The van der Waals surface area contributed by atoms with Crippen molar-refractivity contribution in [1.29, 1.82) is 0 Å². The van der Waals surface area contributed by atoms with Crippen LogP contribution in [0.3, 0.4) is 0 Å². The minimum atomic E-state index is -0.664. The number of amides is 2. The molecule has 0 bridgehead atoms. The Bertz CT molecular complexity index is 856. The van der Waals surface area contributed by atoms with E-state index >= 15 is 0 Å². The highest BCUT2D eigenvalue weighted by Crippen LogP contribution is 2.27. The van der Waals surface area contributed by atoms with Crippen LogP contribution in [0.2, 0.25) is 10.0 Å². The summed E-state index contributed by atoms with van der Waals surface area (Å²) in [4.78, 5) is 27.4. The molecule has 0 radical (unpaired) electrons. The summed E-state index contributed by atoms with van der Waals surface area (Å²) in [6.07, 6.45) is 0.198. The number of aryl methyl sites for hydroxylation is 2. The highest BCUT2D eigenvalue weighted by Gasteiger charge is 2.27. The van der Waals surface area contributed by atoms with Gasteiger partial charge in [-0.2, -0.15) is 0 Å². The minimum absolute atomic E-state index is 0.0229. The van der Waals surface area contributed by atoms with Crippen LogP contribution in [0.1, 0.15) is 43.0 Å². The predicted octanol–water partition coefficient (Wildman–Crippen LogP) is 5.09. The Morgan fingerprint density at radius 2 is 1.55 bits per heavy atom. The molecule has 1 N–H and O–H groups in total. The van der Waals surface area contributed by atoms with Crippen LogP contribution in [0.25, 0.3) is 0 Å². The maximum absolute atomic E-state index is 13.3. The molecule has 0 unspecified atom stereocenters. The van der Waals surface area contributed by atoms with E-state index in [2.05, 4.69) is 11.4 Å². The Morgan fingerprint density at radius 3 is 2.07 bits per heavy atom. The quantitative estimate of drug-likeness (QED) is 0.658. The Kier molecular flexibility index (Phi) is 8.12. The van der Waals surface area contributed by atoms with Crippen LogP contribution in [0.15, 0.2) is 36.4 Å². The highest BCUT2D eigenvalue weighted by molar-refractivity contribution is 6.36. The molecule has 1 atom stereocenters. The molecule has 6 heteroatoms. The van der Waals surface area contributed by atoms with Crippen LogP contribution in [0.5, 0.6) is 0 Å². The Labute approximate surface area is 183 Å². The summed E-state index contributed by atoms with van der Waals surface area (Å²) in [5.74, 6) is -0.366. The molecule has 0 aliphatic heterocycles. The lowest BCUT2D eigenvalue weighted by Gasteiger charge is -2.30. The van der Waals surface area contributed by atoms with Gasteiger partial charge in [0.1, 0.15) is 6.04 Å². The molecule has 0 aromatic heterocycles. The number of nitrogens with zero attached hydrogens (tertiary/aromatic N) is 1. The fourth-order valence-corrected chi connectivity index (χ4v) is 3.81. The van der Waals surface area contributed by atoms with Gasteiger partial charge in [-0.25, -0.2) is 0 Å². The van der Waals surface area contributed by atoms with Crippen molar-refractivity contribution in [3.63, 3.8) is 0 Å². The van der Waals surface area contributed by atoms with Crippen molar-refractivity contribution in [3.05, 3.63) is 68.7 Å². The molecule has 0 aliphatic rings. The van der Waals surface area contributed by atoms with Crippen molar-refractivity contribution in [2.45, 2.75) is 59.7 Å². The van der Waals surface area contributed by atoms with E-state index < -0.39 is 6.04 Å². The van der Waals surface area contributed by atoms with E-state index in [1.165, 1.54) is 0 Å². The van der Waals surface area contributed by atoms with E-state index in [0.29, 0.717) is 15.6 Å². The van der Waals surface area contributed by atoms with Crippen LogP contribution in [-0.4, -0.2) is 28.8 Å². The van der Waals surface area contributed by atoms with Gasteiger partial charge >= 0.3 is 0 Å². The van der Waals surface area contributed by atoms with Gasteiger partial charge in [0.2, 0.25) is 11.8 Å². The number of carbonyl (C=O) groups excluding carboxylic acids is 2. The normalized spacial score (nSPS) is 12.0. The molecule has 29 heavy (non-hydrogen) atoms. The maximum atomic E-state index is 13.3. The molecule has 4 nitrogen and oxygen atoms in total. The number of rotatable bonds is 7. The standard InChI is InChI=1S/C23H28Cl2N2O2/c1-14(2)26-23(29)17(5)27(13-19-20(24)7-6-8-21(19)25)22(28)12-18-10-15(3)9-16(4)11-18/h6-11,14,17H,12-13H2,1-5H3,(H,26,29)/t17-/m0/s1. The van der Waals surface area contributed by atoms with Crippen LogP contribution in [-0.2, 0) is 22.6 Å². The highest BCUT2D eigenvalue weighted by atomic mass is 35.5. The molecule has 2 rings (SSSR count). The number of hydrogen-bond donors (Lipinski definition) is 1. The molecule has 0 fully saturated rings. The van der Waals surface area contributed by atoms with Crippen molar-refractivity contribution >= 4 is 35.0 Å². The molecular formula is C23H28Cl2N2O2. The third-order valence-electron chi connectivity index (χ3n) is 4.63. The van der Waals surface area contributed by atoms with E-state index in [4.69, 9.17) is 23.2 Å².